The molecule has 2 aromatic rings. The SMILES string of the molecule is CN(C)C1(c2ccccc2)CCC(Nc2ccccc2O)CC1. The molecule has 1 aliphatic rings. The van der Waals surface area contributed by atoms with Gasteiger partial charge in [0.2, 0.25) is 0 Å². The van der Waals surface area contributed by atoms with Crippen LogP contribution < -0.4 is 5.32 Å². The Morgan fingerprint density at radius 3 is 2.17 bits per heavy atom. The van der Waals surface area contributed by atoms with Crippen LogP contribution in [0.3, 0.4) is 0 Å². The Balaban J connectivity index is 1.72. The predicted octanol–water partition coefficient (Wildman–Crippen LogP) is 4.20. The van der Waals surface area contributed by atoms with Gasteiger partial charge >= 0.3 is 0 Å². The third-order valence-electron chi connectivity index (χ3n) is 5.24. The van der Waals surface area contributed by atoms with E-state index in [9.17, 15) is 5.11 Å². The third-order valence-corrected chi connectivity index (χ3v) is 5.24. The van der Waals surface area contributed by atoms with E-state index in [1.807, 2.05) is 18.2 Å². The number of phenolic OH excluding ortho intramolecular Hbond substituents is 1. The van der Waals surface area contributed by atoms with Gasteiger partial charge in [0.1, 0.15) is 5.75 Å². The van der Waals surface area contributed by atoms with Crippen LogP contribution in [-0.2, 0) is 5.54 Å². The summed E-state index contributed by atoms with van der Waals surface area (Å²) in [6.07, 6.45) is 4.44. The van der Waals surface area contributed by atoms with Crippen LogP contribution in [0.15, 0.2) is 54.6 Å². The minimum absolute atomic E-state index is 0.123. The summed E-state index contributed by atoms with van der Waals surface area (Å²) in [4.78, 5) is 2.37. The van der Waals surface area contributed by atoms with Crippen LogP contribution in [0.1, 0.15) is 31.2 Å². The molecule has 0 heterocycles. The first-order valence-corrected chi connectivity index (χ1v) is 8.39. The minimum Gasteiger partial charge on any atom is -0.506 e. The van der Waals surface area contributed by atoms with E-state index in [0.29, 0.717) is 11.8 Å². The highest BCUT2D eigenvalue weighted by Crippen LogP contribution is 2.42. The maximum Gasteiger partial charge on any atom is 0.138 e. The van der Waals surface area contributed by atoms with Crippen molar-refractivity contribution < 1.29 is 5.11 Å². The van der Waals surface area contributed by atoms with Crippen LogP contribution >= 0.6 is 0 Å². The minimum atomic E-state index is 0.123. The zero-order valence-corrected chi connectivity index (χ0v) is 14.0. The number of rotatable bonds is 4. The lowest BCUT2D eigenvalue weighted by molar-refractivity contribution is 0.0944. The van der Waals surface area contributed by atoms with Crippen LogP contribution in [0.5, 0.6) is 5.75 Å². The second-order valence-electron chi connectivity index (χ2n) is 6.73. The van der Waals surface area contributed by atoms with Crippen molar-refractivity contribution >= 4 is 5.69 Å². The average Bonchev–Trinajstić information content (AvgIpc) is 2.58. The number of aromatic hydroxyl groups is 1. The predicted molar refractivity (Wildman–Crippen MR) is 95.8 cm³/mol. The lowest BCUT2D eigenvalue weighted by Gasteiger charge is -2.46. The molecule has 0 spiro atoms. The summed E-state index contributed by atoms with van der Waals surface area (Å²) in [6.45, 7) is 0. The molecule has 3 nitrogen and oxygen atoms in total. The standard InChI is InChI=1S/C20H26N2O/c1-22(2)20(16-8-4-3-5-9-16)14-12-17(13-15-20)21-18-10-6-7-11-19(18)23/h3-11,17,21,23H,12-15H2,1-2H3. The van der Waals surface area contributed by atoms with Gasteiger partial charge in [0, 0.05) is 11.6 Å². The molecule has 2 aromatic carbocycles. The largest absolute Gasteiger partial charge is 0.506 e. The van der Waals surface area contributed by atoms with Gasteiger partial charge in [0.15, 0.2) is 0 Å². The van der Waals surface area contributed by atoms with E-state index < -0.39 is 0 Å². The van der Waals surface area contributed by atoms with Crippen molar-refractivity contribution in [2.24, 2.45) is 0 Å². The summed E-state index contributed by atoms with van der Waals surface area (Å²) < 4.78 is 0. The van der Waals surface area contributed by atoms with Gasteiger partial charge in [0.25, 0.3) is 0 Å². The molecule has 1 aliphatic carbocycles. The molecule has 0 atom stereocenters. The molecular weight excluding hydrogens is 284 g/mol. The van der Waals surface area contributed by atoms with Gasteiger partial charge in [0.05, 0.1) is 5.69 Å². The highest BCUT2D eigenvalue weighted by atomic mass is 16.3. The molecule has 122 valence electrons. The van der Waals surface area contributed by atoms with Crippen LogP contribution in [-0.4, -0.2) is 30.1 Å². The summed E-state index contributed by atoms with van der Waals surface area (Å²) in [7, 11) is 4.37. The van der Waals surface area contributed by atoms with Crippen molar-refractivity contribution in [2.75, 3.05) is 19.4 Å². The Hall–Kier alpha value is -2.00. The van der Waals surface area contributed by atoms with Gasteiger partial charge in [-0.2, -0.15) is 0 Å². The summed E-state index contributed by atoms with van der Waals surface area (Å²) >= 11 is 0. The quantitative estimate of drug-likeness (QED) is 0.831. The van der Waals surface area contributed by atoms with Crippen LogP contribution in [0.25, 0.3) is 0 Å². The molecule has 0 amide bonds. The van der Waals surface area contributed by atoms with E-state index in [2.05, 4.69) is 54.6 Å². The van der Waals surface area contributed by atoms with Gasteiger partial charge in [-0.3, -0.25) is 4.90 Å². The van der Waals surface area contributed by atoms with Gasteiger partial charge in [-0.1, -0.05) is 42.5 Å². The molecule has 3 rings (SSSR count). The summed E-state index contributed by atoms with van der Waals surface area (Å²) in [5.74, 6) is 0.333. The first kappa shape index (κ1) is 15.9. The summed E-state index contributed by atoms with van der Waals surface area (Å²) in [5.41, 5.74) is 2.37. The van der Waals surface area contributed by atoms with E-state index in [-0.39, 0.29) is 5.54 Å². The number of anilines is 1. The fourth-order valence-electron chi connectivity index (χ4n) is 3.80. The van der Waals surface area contributed by atoms with Crippen LogP contribution in [0.4, 0.5) is 5.69 Å². The van der Waals surface area contributed by atoms with Crippen LogP contribution in [0.2, 0.25) is 0 Å². The number of phenols is 1. The zero-order chi connectivity index (χ0) is 16.3. The smallest absolute Gasteiger partial charge is 0.138 e. The van der Waals surface area contributed by atoms with Crippen molar-refractivity contribution in [1.29, 1.82) is 0 Å². The van der Waals surface area contributed by atoms with Crippen LogP contribution in [0, 0.1) is 0 Å². The Labute approximate surface area is 139 Å². The Bertz CT molecular complexity index is 631. The Morgan fingerprint density at radius 1 is 0.957 bits per heavy atom. The van der Waals surface area contributed by atoms with E-state index in [0.717, 1.165) is 31.4 Å². The van der Waals surface area contributed by atoms with Crippen molar-refractivity contribution in [3.8, 4) is 5.75 Å². The van der Waals surface area contributed by atoms with Crippen molar-refractivity contribution in [3.63, 3.8) is 0 Å². The first-order valence-electron chi connectivity index (χ1n) is 8.39. The molecule has 0 saturated heterocycles. The molecule has 1 saturated carbocycles. The second-order valence-corrected chi connectivity index (χ2v) is 6.73. The molecule has 3 heteroatoms. The molecular formula is C20H26N2O. The molecule has 0 radical (unpaired) electrons. The topological polar surface area (TPSA) is 35.5 Å². The lowest BCUT2D eigenvalue weighted by Crippen LogP contribution is -2.46. The Morgan fingerprint density at radius 2 is 1.57 bits per heavy atom. The average molecular weight is 310 g/mol. The van der Waals surface area contributed by atoms with Crippen molar-refractivity contribution in [3.05, 3.63) is 60.2 Å². The number of para-hydroxylation sites is 2. The number of benzene rings is 2. The fourth-order valence-corrected chi connectivity index (χ4v) is 3.80. The molecule has 2 N–H and O–H groups in total. The molecule has 0 aliphatic heterocycles. The Kier molecular flexibility index (Phi) is 4.58. The van der Waals surface area contributed by atoms with Gasteiger partial charge in [-0.15, -0.1) is 0 Å². The number of hydrogen-bond acceptors (Lipinski definition) is 3. The summed E-state index contributed by atoms with van der Waals surface area (Å²) in [6, 6.07) is 18.7. The highest BCUT2D eigenvalue weighted by Gasteiger charge is 2.38. The van der Waals surface area contributed by atoms with Crippen molar-refractivity contribution in [2.45, 2.75) is 37.3 Å². The fraction of sp³-hybridized carbons (Fsp3) is 0.400. The van der Waals surface area contributed by atoms with Crippen molar-refractivity contribution in [1.82, 2.24) is 4.90 Å². The van der Waals surface area contributed by atoms with Gasteiger partial charge < -0.3 is 10.4 Å². The van der Waals surface area contributed by atoms with Gasteiger partial charge in [-0.25, -0.2) is 0 Å². The number of nitrogens with zero attached hydrogens (tertiary/aromatic N) is 1. The van der Waals surface area contributed by atoms with E-state index in [1.54, 1.807) is 6.07 Å². The van der Waals surface area contributed by atoms with Gasteiger partial charge in [-0.05, 0) is 57.5 Å². The first-order chi connectivity index (χ1) is 11.1. The van der Waals surface area contributed by atoms with E-state index in [1.165, 1.54) is 5.56 Å². The number of hydrogen-bond donors (Lipinski definition) is 2. The monoisotopic (exact) mass is 310 g/mol. The van der Waals surface area contributed by atoms with E-state index in [4.69, 9.17) is 0 Å². The molecule has 0 bridgehead atoms. The third kappa shape index (κ3) is 3.20. The van der Waals surface area contributed by atoms with E-state index >= 15 is 0 Å². The molecule has 1 fully saturated rings. The molecule has 23 heavy (non-hydrogen) atoms. The summed E-state index contributed by atoms with van der Waals surface area (Å²) in [5, 5.41) is 13.4. The molecule has 0 aromatic heterocycles. The zero-order valence-electron chi connectivity index (χ0n) is 14.0. The highest BCUT2D eigenvalue weighted by molar-refractivity contribution is 5.55. The second kappa shape index (κ2) is 6.63. The normalized spacial score (nSPS) is 24.6. The lowest BCUT2D eigenvalue weighted by atomic mass is 9.74. The maximum atomic E-state index is 9.94. The molecule has 0 unspecified atom stereocenters. The number of nitrogens with one attached hydrogen (secondary N) is 1. The maximum absolute atomic E-state index is 9.94.